The molecule has 4 rings (SSSR count). The molecule has 1 aromatic rings. The van der Waals surface area contributed by atoms with E-state index >= 15 is 0 Å². The quantitative estimate of drug-likeness (QED) is 0.735. The molecule has 1 aromatic heterocycles. The average molecular weight is 228 g/mol. The van der Waals surface area contributed by atoms with Crippen LogP contribution in [-0.4, -0.2) is 15.0 Å². The van der Waals surface area contributed by atoms with Gasteiger partial charge in [-0.25, -0.2) is 4.68 Å². The standard InChI is InChI=1S/C8H10BrN3/c1-7-3-8(4-7,5-7)12-2-6(9)10-11-12/h2H,3-5H2,1H3. The smallest absolute Gasteiger partial charge is 0.148 e. The number of hydrogen-bond donors (Lipinski definition) is 0. The molecular formula is C8H10BrN3. The highest BCUT2D eigenvalue weighted by molar-refractivity contribution is 9.10. The van der Waals surface area contributed by atoms with Crippen molar-refractivity contribution >= 4 is 15.9 Å². The molecule has 4 heteroatoms. The van der Waals surface area contributed by atoms with Gasteiger partial charge in [-0.3, -0.25) is 0 Å². The number of halogens is 1. The Morgan fingerprint density at radius 1 is 1.50 bits per heavy atom. The van der Waals surface area contributed by atoms with Gasteiger partial charge >= 0.3 is 0 Å². The largest absolute Gasteiger partial charge is 0.245 e. The van der Waals surface area contributed by atoms with Gasteiger partial charge < -0.3 is 0 Å². The molecule has 3 saturated carbocycles. The van der Waals surface area contributed by atoms with Crippen LogP contribution in [0.5, 0.6) is 0 Å². The van der Waals surface area contributed by atoms with E-state index < -0.39 is 0 Å². The Hall–Kier alpha value is -0.380. The summed E-state index contributed by atoms with van der Waals surface area (Å²) >= 11 is 3.31. The van der Waals surface area contributed by atoms with Gasteiger partial charge in [0.15, 0.2) is 0 Å². The van der Waals surface area contributed by atoms with Crippen molar-refractivity contribution in [1.29, 1.82) is 0 Å². The second-order valence-electron chi connectivity index (χ2n) is 4.55. The van der Waals surface area contributed by atoms with Crippen LogP contribution in [-0.2, 0) is 5.54 Å². The first-order chi connectivity index (χ1) is 5.62. The second-order valence-corrected chi connectivity index (χ2v) is 5.36. The third-order valence-electron chi connectivity index (χ3n) is 3.22. The van der Waals surface area contributed by atoms with Gasteiger partial charge in [0.05, 0.1) is 11.7 Å². The maximum absolute atomic E-state index is 4.10. The average Bonchev–Trinajstić information content (AvgIpc) is 2.26. The third-order valence-corrected chi connectivity index (χ3v) is 3.58. The number of nitrogens with zero attached hydrogens (tertiary/aromatic N) is 3. The Balaban J connectivity index is 1.93. The summed E-state index contributed by atoms with van der Waals surface area (Å²) in [4.78, 5) is 0. The lowest BCUT2D eigenvalue weighted by Crippen LogP contribution is -2.66. The Labute approximate surface area is 79.3 Å². The van der Waals surface area contributed by atoms with E-state index in [0.717, 1.165) is 4.60 Å². The van der Waals surface area contributed by atoms with Gasteiger partial charge in [0.2, 0.25) is 0 Å². The molecular weight excluding hydrogens is 218 g/mol. The first kappa shape index (κ1) is 7.06. The van der Waals surface area contributed by atoms with Crippen molar-refractivity contribution in [2.45, 2.75) is 31.7 Å². The van der Waals surface area contributed by atoms with Crippen LogP contribution in [0.25, 0.3) is 0 Å². The summed E-state index contributed by atoms with van der Waals surface area (Å²) in [6, 6.07) is 0. The van der Waals surface area contributed by atoms with E-state index in [0.29, 0.717) is 11.0 Å². The molecule has 3 aliphatic rings. The molecule has 0 aliphatic heterocycles. The van der Waals surface area contributed by atoms with Crippen LogP contribution < -0.4 is 0 Å². The van der Waals surface area contributed by atoms with E-state index in [1.54, 1.807) is 0 Å². The van der Waals surface area contributed by atoms with Crippen LogP contribution in [0.3, 0.4) is 0 Å². The lowest BCUT2D eigenvalue weighted by Gasteiger charge is -2.68. The minimum atomic E-state index is 0.355. The first-order valence-electron chi connectivity index (χ1n) is 4.20. The normalized spacial score (nSPS) is 43.5. The summed E-state index contributed by atoms with van der Waals surface area (Å²) in [6.45, 7) is 2.35. The molecule has 64 valence electrons. The third kappa shape index (κ3) is 0.672. The van der Waals surface area contributed by atoms with Gasteiger partial charge in [0, 0.05) is 0 Å². The number of rotatable bonds is 1. The molecule has 3 nitrogen and oxygen atoms in total. The zero-order valence-electron chi connectivity index (χ0n) is 6.92. The van der Waals surface area contributed by atoms with Crippen molar-refractivity contribution in [2.24, 2.45) is 5.41 Å². The van der Waals surface area contributed by atoms with E-state index in [4.69, 9.17) is 0 Å². The van der Waals surface area contributed by atoms with Crippen molar-refractivity contribution in [3.05, 3.63) is 10.8 Å². The highest BCUT2D eigenvalue weighted by atomic mass is 79.9. The molecule has 0 saturated heterocycles. The summed E-state index contributed by atoms with van der Waals surface area (Å²) in [5.74, 6) is 0. The summed E-state index contributed by atoms with van der Waals surface area (Å²) in [5, 5.41) is 8.04. The van der Waals surface area contributed by atoms with Gasteiger partial charge in [-0.05, 0) is 40.6 Å². The van der Waals surface area contributed by atoms with E-state index in [1.165, 1.54) is 19.3 Å². The van der Waals surface area contributed by atoms with Crippen LogP contribution in [0.2, 0.25) is 0 Å². The molecule has 0 aromatic carbocycles. The predicted molar refractivity (Wildman–Crippen MR) is 47.7 cm³/mol. The maximum Gasteiger partial charge on any atom is 0.148 e. The monoisotopic (exact) mass is 227 g/mol. The molecule has 0 unspecified atom stereocenters. The lowest BCUT2D eigenvalue weighted by molar-refractivity contribution is -0.181. The predicted octanol–water partition coefficient (Wildman–Crippen LogP) is 1.94. The van der Waals surface area contributed by atoms with Gasteiger partial charge in [-0.15, -0.1) is 5.10 Å². The van der Waals surface area contributed by atoms with Crippen molar-refractivity contribution < 1.29 is 0 Å². The van der Waals surface area contributed by atoms with Gasteiger partial charge in [0.25, 0.3) is 0 Å². The summed E-state index contributed by atoms with van der Waals surface area (Å²) in [6.07, 6.45) is 5.85. The van der Waals surface area contributed by atoms with E-state index in [2.05, 4.69) is 33.2 Å². The molecule has 12 heavy (non-hydrogen) atoms. The van der Waals surface area contributed by atoms with Gasteiger partial charge in [-0.2, -0.15) is 0 Å². The molecule has 3 aliphatic carbocycles. The fourth-order valence-electron chi connectivity index (χ4n) is 2.95. The fourth-order valence-corrected chi connectivity index (χ4v) is 3.21. The van der Waals surface area contributed by atoms with Crippen LogP contribution in [0.4, 0.5) is 0 Å². The van der Waals surface area contributed by atoms with Crippen molar-refractivity contribution in [1.82, 2.24) is 15.0 Å². The van der Waals surface area contributed by atoms with E-state index in [-0.39, 0.29) is 0 Å². The van der Waals surface area contributed by atoms with Crippen LogP contribution in [0.15, 0.2) is 10.8 Å². The molecule has 3 fully saturated rings. The Morgan fingerprint density at radius 3 is 2.58 bits per heavy atom. The van der Waals surface area contributed by atoms with Gasteiger partial charge in [0.1, 0.15) is 4.60 Å². The van der Waals surface area contributed by atoms with E-state index in [1.807, 2.05) is 10.9 Å². The molecule has 0 atom stereocenters. The summed E-state index contributed by atoms with van der Waals surface area (Å²) in [5.41, 5.74) is 0.992. The summed E-state index contributed by atoms with van der Waals surface area (Å²) in [7, 11) is 0. The summed E-state index contributed by atoms with van der Waals surface area (Å²) < 4.78 is 2.87. The second kappa shape index (κ2) is 1.76. The molecule has 0 radical (unpaired) electrons. The zero-order chi connectivity index (χ0) is 8.40. The van der Waals surface area contributed by atoms with E-state index in [9.17, 15) is 0 Å². The van der Waals surface area contributed by atoms with Crippen LogP contribution in [0, 0.1) is 5.41 Å². The zero-order valence-corrected chi connectivity index (χ0v) is 8.50. The lowest BCUT2D eigenvalue weighted by atomic mass is 9.40. The number of aromatic nitrogens is 3. The SMILES string of the molecule is CC12CC(n3cc(Br)nn3)(C1)C2. The minimum absolute atomic E-state index is 0.355. The highest BCUT2D eigenvalue weighted by Gasteiger charge is 2.66. The molecule has 0 spiro atoms. The van der Waals surface area contributed by atoms with Crippen molar-refractivity contribution in [3.63, 3.8) is 0 Å². The number of hydrogen-bond acceptors (Lipinski definition) is 2. The molecule has 1 heterocycles. The van der Waals surface area contributed by atoms with Crippen molar-refractivity contribution in [2.75, 3.05) is 0 Å². The maximum atomic E-state index is 4.10. The van der Waals surface area contributed by atoms with Crippen LogP contribution >= 0.6 is 15.9 Å². The Morgan fingerprint density at radius 2 is 2.17 bits per heavy atom. The van der Waals surface area contributed by atoms with Crippen LogP contribution in [0.1, 0.15) is 26.2 Å². The Bertz CT molecular complexity index is 324. The van der Waals surface area contributed by atoms with Crippen molar-refractivity contribution in [3.8, 4) is 0 Å². The van der Waals surface area contributed by atoms with Gasteiger partial charge in [-0.1, -0.05) is 12.1 Å². The Kier molecular flexibility index (Phi) is 1.04. The molecule has 2 bridgehead atoms. The molecule has 0 N–H and O–H groups in total. The topological polar surface area (TPSA) is 30.7 Å². The highest BCUT2D eigenvalue weighted by Crippen LogP contribution is 2.70. The minimum Gasteiger partial charge on any atom is -0.245 e. The molecule has 0 amide bonds. The first-order valence-corrected chi connectivity index (χ1v) is 5.00. The fraction of sp³-hybridized carbons (Fsp3) is 0.750.